The first-order valence-corrected chi connectivity index (χ1v) is 11.1. The van der Waals surface area contributed by atoms with Gasteiger partial charge in [0, 0.05) is 18.7 Å². The molecule has 0 saturated heterocycles. The largest absolute Gasteiger partial charge is 0.467 e. The quantitative estimate of drug-likeness (QED) is 0.567. The predicted molar refractivity (Wildman–Crippen MR) is 118 cm³/mol. The van der Waals surface area contributed by atoms with E-state index in [0.29, 0.717) is 12.3 Å². The van der Waals surface area contributed by atoms with Crippen LogP contribution in [0.1, 0.15) is 50.1 Å². The molecule has 3 heterocycles. The molecule has 2 amide bonds. The minimum Gasteiger partial charge on any atom is -0.467 e. The molecule has 31 heavy (non-hydrogen) atoms. The van der Waals surface area contributed by atoms with Gasteiger partial charge in [-0.15, -0.1) is 0 Å². The number of hydrogen-bond acceptors (Lipinski definition) is 3. The van der Waals surface area contributed by atoms with Gasteiger partial charge >= 0.3 is 0 Å². The van der Waals surface area contributed by atoms with Gasteiger partial charge in [-0.25, -0.2) is 0 Å². The molecule has 1 unspecified atom stereocenters. The Kier molecular flexibility index (Phi) is 5.14. The normalized spacial score (nSPS) is 17.2. The Morgan fingerprint density at radius 2 is 1.87 bits per heavy atom. The van der Waals surface area contributed by atoms with Gasteiger partial charge in [0.15, 0.2) is 0 Å². The van der Waals surface area contributed by atoms with Gasteiger partial charge in [-0.2, -0.15) is 0 Å². The van der Waals surface area contributed by atoms with Gasteiger partial charge in [-0.1, -0.05) is 25.5 Å². The monoisotopic (exact) mass is 417 g/mol. The minimum absolute atomic E-state index is 0.0849. The van der Waals surface area contributed by atoms with Crippen LogP contribution in [0.2, 0.25) is 0 Å². The van der Waals surface area contributed by atoms with Crippen LogP contribution in [0.4, 0.5) is 5.69 Å². The van der Waals surface area contributed by atoms with Crippen LogP contribution in [-0.2, 0) is 9.59 Å². The number of para-hydroxylation sites is 2. The Morgan fingerprint density at radius 3 is 2.58 bits per heavy atom. The average Bonchev–Trinajstić information content (AvgIpc) is 3.28. The molecule has 0 bridgehead atoms. The molecule has 6 heteroatoms. The van der Waals surface area contributed by atoms with Crippen LogP contribution < -0.4 is 4.90 Å². The molecule has 0 radical (unpaired) electrons. The number of nitrogens with zero attached hydrogens (tertiary/aromatic N) is 3. The number of anilines is 1. The van der Waals surface area contributed by atoms with E-state index in [0.717, 1.165) is 42.8 Å². The number of rotatable bonds is 7. The molecule has 3 aromatic rings. The summed E-state index contributed by atoms with van der Waals surface area (Å²) in [5.41, 5.74) is 2.75. The summed E-state index contributed by atoms with van der Waals surface area (Å²) in [5.74, 6) is 0.823. The van der Waals surface area contributed by atoms with Gasteiger partial charge in [-0.05, 0) is 55.7 Å². The maximum atomic E-state index is 13.8. The first-order chi connectivity index (χ1) is 15.2. The number of aromatic nitrogens is 1. The fourth-order valence-electron chi connectivity index (χ4n) is 4.42. The van der Waals surface area contributed by atoms with E-state index in [-0.39, 0.29) is 30.3 Å². The van der Waals surface area contributed by atoms with E-state index in [1.165, 1.54) is 0 Å². The number of carbonyl (C=O) groups excluding carboxylic acids is 2. The maximum absolute atomic E-state index is 13.8. The number of carbonyl (C=O) groups is 2. The number of hydrogen-bond donors (Lipinski definition) is 0. The maximum Gasteiger partial charge on any atom is 0.247 e. The van der Waals surface area contributed by atoms with Crippen LogP contribution >= 0.6 is 0 Å². The number of benzene rings is 1. The predicted octanol–water partition coefficient (Wildman–Crippen LogP) is 4.55. The molecule has 1 fully saturated rings. The molecule has 5 rings (SSSR count). The van der Waals surface area contributed by atoms with E-state index in [1.54, 1.807) is 11.2 Å². The lowest BCUT2D eigenvalue weighted by atomic mass is 10.0. The zero-order valence-electron chi connectivity index (χ0n) is 17.7. The van der Waals surface area contributed by atoms with E-state index >= 15 is 0 Å². The Bertz CT molecular complexity index is 1080. The first kappa shape index (κ1) is 19.7. The molecule has 1 aromatic carbocycles. The highest BCUT2D eigenvalue weighted by Crippen LogP contribution is 2.42. The highest BCUT2D eigenvalue weighted by molar-refractivity contribution is 6.00. The molecular weight excluding hydrogens is 390 g/mol. The molecule has 1 saturated carbocycles. The molecular formula is C25H27N3O3. The van der Waals surface area contributed by atoms with Gasteiger partial charge in [-0.3, -0.25) is 14.5 Å². The fourth-order valence-corrected chi connectivity index (χ4v) is 4.42. The van der Waals surface area contributed by atoms with Gasteiger partial charge in [0.25, 0.3) is 0 Å². The van der Waals surface area contributed by atoms with Gasteiger partial charge in [0.2, 0.25) is 11.8 Å². The number of fused-ring (bicyclic) bond motifs is 3. The zero-order valence-corrected chi connectivity index (χ0v) is 17.7. The third-order valence-electron chi connectivity index (χ3n) is 6.15. The molecule has 160 valence electrons. The van der Waals surface area contributed by atoms with E-state index in [1.807, 2.05) is 59.6 Å². The fraction of sp³-hybridized carbons (Fsp3) is 0.360. The highest BCUT2D eigenvalue weighted by atomic mass is 16.3. The number of amides is 2. The van der Waals surface area contributed by atoms with Crippen LogP contribution in [0, 0.1) is 5.92 Å². The van der Waals surface area contributed by atoms with Crippen LogP contribution in [0.3, 0.4) is 0 Å². The van der Waals surface area contributed by atoms with Crippen molar-refractivity contribution in [3.05, 3.63) is 72.4 Å². The second-order valence-corrected chi connectivity index (χ2v) is 8.36. The minimum atomic E-state index is -0.378. The SMILES string of the molecule is CCCCN(CC(=O)N1c2ccccc2-n2cccc2C1c1ccco1)C(=O)C1CC1. The first-order valence-electron chi connectivity index (χ1n) is 11.1. The van der Waals surface area contributed by atoms with Crippen molar-refractivity contribution in [2.24, 2.45) is 5.92 Å². The van der Waals surface area contributed by atoms with E-state index < -0.39 is 0 Å². The van der Waals surface area contributed by atoms with Crippen molar-refractivity contribution in [3.8, 4) is 5.69 Å². The number of unbranched alkanes of at least 4 members (excludes halogenated alkanes) is 1. The van der Waals surface area contributed by atoms with Crippen LogP contribution in [0.25, 0.3) is 5.69 Å². The van der Waals surface area contributed by atoms with Crippen molar-refractivity contribution < 1.29 is 14.0 Å². The number of furan rings is 1. The standard InChI is InChI=1S/C25H27N3O3/c1-2-3-14-26(25(30)18-12-13-18)17-23(29)28-20-9-5-4-8-19(20)27-15-6-10-21(27)24(28)22-11-7-16-31-22/h4-11,15-16,18,24H,2-3,12-14,17H2,1H3. The summed E-state index contributed by atoms with van der Waals surface area (Å²) in [6.07, 6.45) is 7.39. The lowest BCUT2D eigenvalue weighted by Crippen LogP contribution is -2.47. The Labute approximate surface area is 182 Å². The van der Waals surface area contributed by atoms with Crippen LogP contribution in [0.15, 0.2) is 65.4 Å². The summed E-state index contributed by atoms with van der Waals surface area (Å²) in [6, 6.07) is 15.3. The van der Waals surface area contributed by atoms with Crippen LogP contribution in [0.5, 0.6) is 0 Å². The molecule has 2 aliphatic rings. The summed E-state index contributed by atoms with van der Waals surface area (Å²) in [6.45, 7) is 2.81. The van der Waals surface area contributed by atoms with Crippen molar-refractivity contribution in [1.82, 2.24) is 9.47 Å². The average molecular weight is 418 g/mol. The van der Waals surface area contributed by atoms with Gasteiger partial charge in [0.05, 0.1) is 23.3 Å². The summed E-state index contributed by atoms with van der Waals surface area (Å²) < 4.78 is 7.88. The molecule has 2 aromatic heterocycles. The Balaban J connectivity index is 1.53. The van der Waals surface area contributed by atoms with Crippen molar-refractivity contribution >= 4 is 17.5 Å². The summed E-state index contributed by atoms with van der Waals surface area (Å²) >= 11 is 0. The molecule has 0 spiro atoms. The van der Waals surface area contributed by atoms with Crippen molar-refractivity contribution in [2.75, 3.05) is 18.0 Å². The Morgan fingerprint density at radius 1 is 1.06 bits per heavy atom. The second-order valence-electron chi connectivity index (χ2n) is 8.36. The molecule has 1 aliphatic carbocycles. The van der Waals surface area contributed by atoms with E-state index in [4.69, 9.17) is 4.42 Å². The zero-order chi connectivity index (χ0) is 21.4. The smallest absolute Gasteiger partial charge is 0.247 e. The third-order valence-corrected chi connectivity index (χ3v) is 6.15. The third kappa shape index (κ3) is 3.56. The highest BCUT2D eigenvalue weighted by Gasteiger charge is 2.40. The van der Waals surface area contributed by atoms with Crippen LogP contribution in [-0.4, -0.2) is 34.4 Å². The molecule has 1 atom stereocenters. The second kappa shape index (κ2) is 8.10. The molecule has 6 nitrogen and oxygen atoms in total. The van der Waals surface area contributed by atoms with Crippen molar-refractivity contribution in [1.29, 1.82) is 0 Å². The topological polar surface area (TPSA) is 58.7 Å². The van der Waals surface area contributed by atoms with Crippen molar-refractivity contribution in [3.63, 3.8) is 0 Å². The molecule has 0 N–H and O–H groups in total. The Hall–Kier alpha value is -3.28. The summed E-state index contributed by atoms with van der Waals surface area (Å²) in [7, 11) is 0. The van der Waals surface area contributed by atoms with E-state index in [9.17, 15) is 9.59 Å². The van der Waals surface area contributed by atoms with Gasteiger partial charge in [0.1, 0.15) is 18.3 Å². The molecule has 1 aliphatic heterocycles. The van der Waals surface area contributed by atoms with Crippen molar-refractivity contribution in [2.45, 2.75) is 38.6 Å². The summed E-state index contributed by atoms with van der Waals surface area (Å²) in [5, 5.41) is 0. The lowest BCUT2D eigenvalue weighted by molar-refractivity contribution is -0.136. The van der Waals surface area contributed by atoms with E-state index in [2.05, 4.69) is 11.5 Å². The van der Waals surface area contributed by atoms with Gasteiger partial charge < -0.3 is 13.9 Å². The summed E-state index contributed by atoms with van der Waals surface area (Å²) in [4.78, 5) is 30.2. The lowest BCUT2D eigenvalue weighted by Gasteiger charge is -2.38.